The van der Waals surface area contributed by atoms with Crippen molar-refractivity contribution in [3.63, 3.8) is 0 Å². The number of rotatable bonds is 5. The molecule has 24 heavy (non-hydrogen) atoms. The van der Waals surface area contributed by atoms with E-state index in [1.807, 2.05) is 6.07 Å². The highest BCUT2D eigenvalue weighted by atomic mass is 16.5. The number of hydrogen-bond acceptors (Lipinski definition) is 5. The van der Waals surface area contributed by atoms with Gasteiger partial charge in [-0.05, 0) is 43.2 Å². The highest BCUT2D eigenvalue weighted by Gasteiger charge is 2.17. The van der Waals surface area contributed by atoms with Gasteiger partial charge in [0.25, 0.3) is 5.91 Å². The van der Waals surface area contributed by atoms with Gasteiger partial charge in [0.15, 0.2) is 0 Å². The van der Waals surface area contributed by atoms with E-state index in [-0.39, 0.29) is 12.0 Å². The Morgan fingerprint density at radius 1 is 1.33 bits per heavy atom. The zero-order valence-corrected chi connectivity index (χ0v) is 13.2. The largest absolute Gasteiger partial charge is 0.376 e. The van der Waals surface area contributed by atoms with Crippen LogP contribution >= 0.6 is 0 Å². The van der Waals surface area contributed by atoms with Gasteiger partial charge in [-0.1, -0.05) is 6.07 Å². The molecule has 0 spiro atoms. The van der Waals surface area contributed by atoms with Crippen molar-refractivity contribution in [1.29, 1.82) is 5.26 Å². The highest BCUT2D eigenvalue weighted by molar-refractivity contribution is 5.93. The number of benzene rings is 1. The third kappa shape index (κ3) is 4.09. The molecule has 1 aromatic carbocycles. The minimum atomic E-state index is -0.222. The van der Waals surface area contributed by atoms with Crippen LogP contribution in [-0.4, -0.2) is 30.1 Å². The van der Waals surface area contributed by atoms with E-state index in [9.17, 15) is 4.79 Å². The summed E-state index contributed by atoms with van der Waals surface area (Å²) in [6.45, 7) is 1.27. The molecule has 1 aliphatic rings. The lowest BCUT2D eigenvalue weighted by atomic mass is 10.2. The molecule has 1 atom stereocenters. The maximum absolute atomic E-state index is 12.2. The zero-order chi connectivity index (χ0) is 16.8. The number of nitrogens with zero attached hydrogens (tertiary/aromatic N) is 2. The molecule has 1 aromatic heterocycles. The third-order valence-electron chi connectivity index (χ3n) is 3.79. The number of carbonyl (C=O) groups is 1. The van der Waals surface area contributed by atoms with Crippen LogP contribution in [0.5, 0.6) is 0 Å². The molecule has 0 aliphatic carbocycles. The Hall–Kier alpha value is -2.91. The average molecular weight is 322 g/mol. The van der Waals surface area contributed by atoms with Gasteiger partial charge in [0.1, 0.15) is 5.69 Å². The smallest absolute Gasteiger partial charge is 0.270 e. The van der Waals surface area contributed by atoms with E-state index in [4.69, 9.17) is 10.00 Å². The standard InChI is InChI=1S/C18H18N4O2/c19-11-13-3-1-4-14(9-13)22-15-6-7-20-17(10-15)18(23)21-12-16-5-2-8-24-16/h1,3-4,6-7,9-10,16H,2,5,8,12H2,(H,20,22)(H,21,23). The van der Waals surface area contributed by atoms with Gasteiger partial charge in [-0.25, -0.2) is 0 Å². The van der Waals surface area contributed by atoms with Crippen molar-refractivity contribution < 1.29 is 9.53 Å². The first-order valence-electron chi connectivity index (χ1n) is 7.87. The summed E-state index contributed by atoms with van der Waals surface area (Å²) < 4.78 is 5.49. The quantitative estimate of drug-likeness (QED) is 0.883. The number of hydrogen-bond donors (Lipinski definition) is 2. The average Bonchev–Trinajstić information content (AvgIpc) is 3.13. The van der Waals surface area contributed by atoms with Crippen LogP contribution in [0.15, 0.2) is 42.6 Å². The van der Waals surface area contributed by atoms with Gasteiger partial charge < -0.3 is 15.4 Å². The molecular weight excluding hydrogens is 304 g/mol. The maximum Gasteiger partial charge on any atom is 0.270 e. The summed E-state index contributed by atoms with van der Waals surface area (Å²) in [5.41, 5.74) is 2.44. The van der Waals surface area contributed by atoms with Gasteiger partial charge in [0.05, 0.1) is 17.7 Å². The first kappa shape index (κ1) is 16.0. The number of amides is 1. The summed E-state index contributed by atoms with van der Waals surface area (Å²) in [6.07, 6.45) is 3.70. The lowest BCUT2D eigenvalue weighted by molar-refractivity contribution is 0.0854. The minimum absolute atomic E-state index is 0.101. The second-order valence-electron chi connectivity index (χ2n) is 5.59. The monoisotopic (exact) mass is 322 g/mol. The molecule has 6 nitrogen and oxygen atoms in total. The Morgan fingerprint density at radius 3 is 3.00 bits per heavy atom. The van der Waals surface area contributed by atoms with E-state index in [2.05, 4.69) is 21.7 Å². The Balaban J connectivity index is 1.64. The maximum atomic E-state index is 12.2. The molecule has 1 saturated heterocycles. The lowest BCUT2D eigenvalue weighted by Gasteiger charge is -2.11. The summed E-state index contributed by atoms with van der Waals surface area (Å²) in [5.74, 6) is -0.222. The van der Waals surface area contributed by atoms with Crippen LogP contribution in [0.4, 0.5) is 11.4 Å². The lowest BCUT2D eigenvalue weighted by Crippen LogP contribution is -2.32. The van der Waals surface area contributed by atoms with Gasteiger partial charge in [-0.2, -0.15) is 5.26 Å². The van der Waals surface area contributed by atoms with Crippen molar-refractivity contribution in [1.82, 2.24) is 10.3 Å². The molecule has 2 N–H and O–H groups in total. The van der Waals surface area contributed by atoms with E-state index < -0.39 is 0 Å². The summed E-state index contributed by atoms with van der Waals surface area (Å²) in [4.78, 5) is 16.3. The summed E-state index contributed by atoms with van der Waals surface area (Å²) in [6, 6.07) is 12.7. The van der Waals surface area contributed by atoms with Crippen molar-refractivity contribution in [2.45, 2.75) is 18.9 Å². The number of pyridine rings is 1. The molecule has 0 bridgehead atoms. The van der Waals surface area contributed by atoms with Crippen LogP contribution in [0.3, 0.4) is 0 Å². The van der Waals surface area contributed by atoms with Crippen LogP contribution in [-0.2, 0) is 4.74 Å². The Labute approximate surface area is 140 Å². The fraction of sp³-hybridized carbons (Fsp3) is 0.278. The number of carbonyl (C=O) groups excluding carboxylic acids is 1. The molecule has 122 valence electrons. The Morgan fingerprint density at radius 2 is 2.21 bits per heavy atom. The first-order chi connectivity index (χ1) is 11.7. The van der Waals surface area contributed by atoms with Crippen molar-refractivity contribution in [2.75, 3.05) is 18.5 Å². The number of ether oxygens (including phenoxy) is 1. The fourth-order valence-electron chi connectivity index (χ4n) is 2.57. The number of nitriles is 1. The number of aromatic nitrogens is 1. The van der Waals surface area contributed by atoms with Crippen LogP contribution in [0, 0.1) is 11.3 Å². The zero-order valence-electron chi connectivity index (χ0n) is 13.2. The molecule has 1 unspecified atom stereocenters. The van der Waals surface area contributed by atoms with Crippen LogP contribution < -0.4 is 10.6 Å². The Bertz CT molecular complexity index is 764. The second-order valence-corrected chi connectivity index (χ2v) is 5.59. The predicted octanol–water partition coefficient (Wildman–Crippen LogP) is 2.61. The van der Waals surface area contributed by atoms with E-state index in [1.54, 1.807) is 36.5 Å². The van der Waals surface area contributed by atoms with Gasteiger partial charge in [0.2, 0.25) is 0 Å². The fourth-order valence-corrected chi connectivity index (χ4v) is 2.57. The third-order valence-corrected chi connectivity index (χ3v) is 3.79. The molecule has 2 aromatic rings. The predicted molar refractivity (Wildman–Crippen MR) is 90.0 cm³/mol. The van der Waals surface area contributed by atoms with E-state index in [0.717, 1.165) is 30.8 Å². The van der Waals surface area contributed by atoms with Gasteiger partial charge >= 0.3 is 0 Å². The molecule has 0 saturated carbocycles. The van der Waals surface area contributed by atoms with Crippen molar-refractivity contribution >= 4 is 17.3 Å². The number of nitrogens with one attached hydrogen (secondary N) is 2. The van der Waals surface area contributed by atoms with Crippen LogP contribution in [0.25, 0.3) is 0 Å². The second kappa shape index (κ2) is 7.57. The Kier molecular flexibility index (Phi) is 5.04. The molecule has 2 heterocycles. The summed E-state index contributed by atoms with van der Waals surface area (Å²) >= 11 is 0. The molecule has 1 aliphatic heterocycles. The van der Waals surface area contributed by atoms with E-state index in [1.165, 1.54) is 0 Å². The molecule has 6 heteroatoms. The summed E-state index contributed by atoms with van der Waals surface area (Å²) in [7, 11) is 0. The molecule has 3 rings (SSSR count). The molecule has 1 fully saturated rings. The van der Waals surface area contributed by atoms with Crippen molar-refractivity contribution in [3.8, 4) is 6.07 Å². The van der Waals surface area contributed by atoms with E-state index in [0.29, 0.717) is 17.8 Å². The van der Waals surface area contributed by atoms with Gasteiger partial charge in [-0.15, -0.1) is 0 Å². The van der Waals surface area contributed by atoms with Crippen molar-refractivity contribution in [2.24, 2.45) is 0 Å². The number of anilines is 2. The topological polar surface area (TPSA) is 87.0 Å². The summed E-state index contributed by atoms with van der Waals surface area (Å²) in [5, 5.41) is 15.0. The molecule has 0 radical (unpaired) electrons. The normalized spacial score (nSPS) is 16.4. The van der Waals surface area contributed by atoms with Crippen LogP contribution in [0.1, 0.15) is 28.9 Å². The SMILES string of the molecule is N#Cc1cccc(Nc2ccnc(C(=O)NCC3CCCO3)c2)c1. The van der Waals surface area contributed by atoms with Crippen molar-refractivity contribution in [3.05, 3.63) is 53.9 Å². The van der Waals surface area contributed by atoms with Gasteiger partial charge in [-0.3, -0.25) is 9.78 Å². The molecular formula is C18H18N4O2. The molecule has 1 amide bonds. The van der Waals surface area contributed by atoms with E-state index >= 15 is 0 Å². The van der Waals surface area contributed by atoms with Crippen LogP contribution in [0.2, 0.25) is 0 Å². The first-order valence-corrected chi connectivity index (χ1v) is 7.87. The minimum Gasteiger partial charge on any atom is -0.376 e. The van der Waals surface area contributed by atoms with Gasteiger partial charge in [0, 0.05) is 30.7 Å². The highest BCUT2D eigenvalue weighted by Crippen LogP contribution is 2.18.